The molecule has 7 rings (SSSR count). The Morgan fingerprint density at radius 2 is 1.85 bits per heavy atom. The van der Waals surface area contributed by atoms with E-state index in [2.05, 4.69) is 82.7 Å². The Morgan fingerprint density at radius 1 is 1.07 bits per heavy atom. The zero-order valence-corrected chi connectivity index (χ0v) is 41.1. The third kappa shape index (κ3) is 11.0. The summed E-state index contributed by atoms with van der Waals surface area (Å²) in [5, 5.41) is 5.57. The molecule has 2 N–H and O–H groups in total. The van der Waals surface area contributed by atoms with E-state index < -0.39 is 47.2 Å². The van der Waals surface area contributed by atoms with Crippen molar-refractivity contribution in [1.82, 2.24) is 39.7 Å². The number of allylic oxidation sites excluding steroid dienone is 1. The normalized spacial score (nSPS) is 20.9. The van der Waals surface area contributed by atoms with Crippen molar-refractivity contribution in [3.05, 3.63) is 70.9 Å². The quantitative estimate of drug-likeness (QED) is 0.176. The maximum atomic E-state index is 14.7. The molecule has 5 heterocycles. The van der Waals surface area contributed by atoms with E-state index in [-0.39, 0.29) is 37.3 Å². The van der Waals surface area contributed by atoms with Crippen molar-refractivity contribution < 1.29 is 33.4 Å². The first kappa shape index (κ1) is 49.6. The summed E-state index contributed by atoms with van der Waals surface area (Å²) in [5.74, 6) is 5.79. The van der Waals surface area contributed by atoms with Gasteiger partial charge in [0.25, 0.3) is 11.8 Å². The molecule has 2 aromatic carbocycles. The van der Waals surface area contributed by atoms with Crippen LogP contribution >= 0.6 is 0 Å². The standard InChI is InChI=1S/C53H66N8O7/c1-10-60-45-19-18-37-28-40(45)41(48(60)42-30-54-22-20-39(42)32-67-9)29-53(4,5)33-68-52(66)43-16-12-24-61(56-43)51(65)44(27-35-14-11-15-36(37)26-35)55-49(63)47(34(2)3)58(8)50(64)38-21-25-59(31-38)46(62)17-13-23-57(6)7/h11,14-15,18-20,26,28,30,34,38,43-44,47,56H,10,12,16,21,23-25,27,29,31-33H2,1-9H3/p+1/t38-,43-,44-,47-/m0/s1. The number of fused-ring (bicyclic) bond motifs is 6. The largest absolute Gasteiger partial charge is 0.464 e. The molecule has 0 spiro atoms. The number of aromatic nitrogens is 1. The third-order valence-electron chi connectivity index (χ3n) is 13.3. The minimum Gasteiger partial charge on any atom is -0.464 e. The van der Waals surface area contributed by atoms with Gasteiger partial charge in [-0.1, -0.05) is 63.9 Å². The van der Waals surface area contributed by atoms with Gasteiger partial charge < -0.3 is 29.2 Å². The maximum Gasteiger partial charge on any atom is 0.324 e. The second kappa shape index (κ2) is 21.4. The number of nitrogens with zero attached hydrogens (tertiary/aromatic N) is 6. The molecule has 2 fully saturated rings. The van der Waals surface area contributed by atoms with E-state index in [1.165, 1.54) is 9.91 Å². The van der Waals surface area contributed by atoms with Crippen molar-refractivity contribution >= 4 is 58.2 Å². The lowest BCUT2D eigenvalue weighted by Gasteiger charge is -2.37. The zero-order valence-electron chi connectivity index (χ0n) is 41.1. The van der Waals surface area contributed by atoms with E-state index in [9.17, 15) is 24.0 Å². The molecule has 1 aromatic heterocycles. The van der Waals surface area contributed by atoms with Gasteiger partial charge in [0.05, 0.1) is 43.0 Å². The molecule has 15 heteroatoms. The average Bonchev–Trinajstić information content (AvgIpc) is 3.93. The van der Waals surface area contributed by atoms with Crippen LogP contribution in [0.1, 0.15) is 70.7 Å². The van der Waals surface area contributed by atoms with Gasteiger partial charge in [0.2, 0.25) is 11.8 Å². The highest BCUT2D eigenvalue weighted by molar-refractivity contribution is 6.15. The molecule has 6 bridgehead atoms. The molecule has 0 saturated carbocycles. The lowest BCUT2D eigenvalue weighted by molar-refractivity contribution is -0.155. The Labute approximate surface area is 400 Å². The van der Waals surface area contributed by atoms with Crippen LogP contribution in [0.25, 0.3) is 27.6 Å². The Balaban J connectivity index is 1.24. The van der Waals surface area contributed by atoms with Crippen LogP contribution in [0.5, 0.6) is 0 Å². The molecule has 0 unspecified atom stereocenters. The summed E-state index contributed by atoms with van der Waals surface area (Å²) in [7, 11) is 7.03. The summed E-state index contributed by atoms with van der Waals surface area (Å²) in [5.41, 5.74) is 10.5. The van der Waals surface area contributed by atoms with Crippen LogP contribution in [-0.2, 0) is 52.8 Å². The van der Waals surface area contributed by atoms with Gasteiger partial charge in [0.1, 0.15) is 18.1 Å². The first-order valence-corrected chi connectivity index (χ1v) is 23.8. The molecule has 3 aromatic rings. The SMILES string of the molecule is CCn1c(C2=C(COC)C=C=[N+]=C2)c2c3cc(ccc31)-c1cccc(c1)C[C@H](NC(=O)[C@H](C(C)C)N(C)C(=O)[C@H]1CCN(C(=O)C#CCN(C)C)C1)C(=O)N1CCC[C@H](N1)C(=O)OCC(C)(C)C2. The van der Waals surface area contributed by atoms with Gasteiger partial charge in [-0.2, -0.15) is 0 Å². The van der Waals surface area contributed by atoms with E-state index in [1.54, 1.807) is 19.1 Å². The Kier molecular flexibility index (Phi) is 15.6. The highest BCUT2D eigenvalue weighted by Crippen LogP contribution is 2.39. The van der Waals surface area contributed by atoms with Crippen LogP contribution in [0, 0.1) is 29.1 Å². The molecule has 0 aliphatic carbocycles. The average molecular weight is 928 g/mol. The third-order valence-corrected chi connectivity index (χ3v) is 13.3. The molecule has 4 aliphatic rings. The molecule has 2 saturated heterocycles. The van der Waals surface area contributed by atoms with Gasteiger partial charge in [-0.15, -0.1) is 0 Å². The molecule has 15 nitrogen and oxygen atoms in total. The first-order valence-electron chi connectivity index (χ1n) is 23.8. The van der Waals surface area contributed by atoms with Gasteiger partial charge in [-0.05, 0) is 97.6 Å². The van der Waals surface area contributed by atoms with E-state index in [1.807, 2.05) is 63.3 Å². The van der Waals surface area contributed by atoms with Crippen LogP contribution < -0.4 is 15.4 Å². The summed E-state index contributed by atoms with van der Waals surface area (Å²) in [4.78, 5) is 75.1. The second-order valence-corrected chi connectivity index (χ2v) is 19.8. The molecule has 4 amide bonds. The van der Waals surface area contributed by atoms with Crippen molar-refractivity contribution in [2.24, 2.45) is 17.3 Å². The van der Waals surface area contributed by atoms with E-state index in [0.29, 0.717) is 58.5 Å². The minimum absolute atomic E-state index is 0.130. The van der Waals surface area contributed by atoms with Crippen LogP contribution in [0.4, 0.5) is 0 Å². The molecule has 4 atom stereocenters. The van der Waals surface area contributed by atoms with Gasteiger partial charge in [0, 0.05) is 68.6 Å². The van der Waals surface area contributed by atoms with Gasteiger partial charge in [0.15, 0.2) is 0 Å². The number of cyclic esters (lactones) is 1. The molecular weight excluding hydrogens is 861 g/mol. The fourth-order valence-electron chi connectivity index (χ4n) is 9.90. The number of rotatable bonds is 10. The lowest BCUT2D eigenvalue weighted by atomic mass is 9.84. The second-order valence-electron chi connectivity index (χ2n) is 19.8. The number of likely N-dealkylation sites (N-methyl/N-ethyl adjacent to an activating group) is 1. The topological polar surface area (TPSA) is 160 Å². The number of carbonyl (C=O) groups is 5. The number of hydrogen-bond donors (Lipinski definition) is 2. The molecule has 4 aliphatic heterocycles. The van der Waals surface area contributed by atoms with E-state index in [4.69, 9.17) is 9.47 Å². The number of ether oxygens (including phenoxy) is 2. The number of methoxy groups -OCH3 is 1. The van der Waals surface area contributed by atoms with Gasteiger partial charge >= 0.3 is 18.1 Å². The van der Waals surface area contributed by atoms with Crippen molar-refractivity contribution in [2.75, 3.05) is 67.6 Å². The highest BCUT2D eigenvalue weighted by atomic mass is 16.5. The summed E-state index contributed by atoms with van der Waals surface area (Å²) in [6.45, 7) is 12.6. The van der Waals surface area contributed by atoms with Crippen molar-refractivity contribution in [2.45, 2.75) is 91.4 Å². The minimum atomic E-state index is -1.06. The number of hydrogen-bond acceptors (Lipinski definition) is 9. The predicted molar refractivity (Wildman–Crippen MR) is 264 cm³/mol. The number of nitrogens with one attached hydrogen (secondary N) is 2. The predicted octanol–water partition coefficient (Wildman–Crippen LogP) is 3.65. The number of esters is 1. The van der Waals surface area contributed by atoms with E-state index in [0.717, 1.165) is 50.0 Å². The fourth-order valence-corrected chi connectivity index (χ4v) is 9.90. The van der Waals surface area contributed by atoms with Crippen LogP contribution in [0.15, 0.2) is 54.1 Å². The Morgan fingerprint density at radius 3 is 2.59 bits per heavy atom. The number of amides is 4. The Bertz CT molecular complexity index is 2650. The summed E-state index contributed by atoms with van der Waals surface area (Å²) < 4.78 is 18.5. The number of benzene rings is 2. The number of aryl methyl sites for hydroxylation is 1. The van der Waals surface area contributed by atoms with E-state index >= 15 is 0 Å². The summed E-state index contributed by atoms with van der Waals surface area (Å²) in [6.07, 6.45) is 5.90. The first-order chi connectivity index (χ1) is 32.5. The fraction of sp³-hybridized carbons (Fsp3) is 0.509. The van der Waals surface area contributed by atoms with Crippen LogP contribution in [-0.4, -0.2) is 152 Å². The van der Waals surface area contributed by atoms with Crippen LogP contribution in [0.3, 0.4) is 0 Å². The van der Waals surface area contributed by atoms with Crippen LogP contribution in [0.2, 0.25) is 0 Å². The highest BCUT2D eigenvalue weighted by Gasteiger charge is 2.40. The van der Waals surface area contributed by atoms with Crippen molar-refractivity contribution in [1.29, 1.82) is 0 Å². The Hall–Kier alpha value is -6.26. The number of carbonyl (C=O) groups excluding carboxylic acids is 5. The number of likely N-dealkylation sites (tertiary alicyclic amines) is 1. The molecular formula is C53H67N8O7+. The smallest absolute Gasteiger partial charge is 0.324 e. The van der Waals surface area contributed by atoms with Gasteiger partial charge in [-0.3, -0.25) is 33.9 Å². The van der Waals surface area contributed by atoms with Gasteiger partial charge in [-0.25, -0.2) is 5.43 Å². The monoisotopic (exact) mass is 928 g/mol. The molecule has 68 heavy (non-hydrogen) atoms. The summed E-state index contributed by atoms with van der Waals surface area (Å²) >= 11 is 0. The maximum absolute atomic E-state index is 14.7. The molecule has 360 valence electrons. The molecule has 0 radical (unpaired) electrons. The lowest BCUT2D eigenvalue weighted by Crippen LogP contribution is -2.62. The summed E-state index contributed by atoms with van der Waals surface area (Å²) in [6, 6.07) is 11.7. The van der Waals surface area contributed by atoms with Crippen molar-refractivity contribution in [3.8, 4) is 23.0 Å². The van der Waals surface area contributed by atoms with Crippen molar-refractivity contribution in [3.63, 3.8) is 0 Å². The number of hydrazine groups is 1. The zero-order chi connectivity index (χ0) is 48.9.